The molecule has 5 rings (SSSR count). The maximum atomic E-state index is 12.9. The number of nitriles is 1. The number of amides is 1. The number of rotatable bonds is 4. The van der Waals surface area contributed by atoms with Crippen LogP contribution in [0.1, 0.15) is 45.5 Å². The largest absolute Gasteiger partial charge is 1.00 e. The number of hydrogen-bond donors (Lipinski definition) is 1. The molecule has 0 saturated heterocycles. The number of benzene rings is 2. The number of carbonyl (C=O) groups excluding carboxylic acids is 1. The minimum Gasteiger partial charge on any atom is -0.320 e. The van der Waals surface area contributed by atoms with Gasteiger partial charge in [-0.15, -0.1) is 10.7 Å². The Labute approximate surface area is 244 Å². The number of carbonyl (C=O) groups is 1. The molecule has 0 spiro atoms. The second-order valence-corrected chi connectivity index (χ2v) is 7.44. The van der Waals surface area contributed by atoms with Crippen molar-refractivity contribution in [3.05, 3.63) is 89.3 Å². The van der Waals surface area contributed by atoms with Gasteiger partial charge in [0.25, 0.3) is 5.91 Å². The summed E-state index contributed by atoms with van der Waals surface area (Å²) in [4.78, 5) is 17.1. The van der Waals surface area contributed by atoms with E-state index in [4.69, 9.17) is 0 Å². The molecule has 1 aliphatic rings. The Morgan fingerprint density at radius 1 is 1.28 bits per heavy atom. The summed E-state index contributed by atoms with van der Waals surface area (Å²) in [5.74, 6) is -0.335. The van der Waals surface area contributed by atoms with E-state index in [1.165, 1.54) is 0 Å². The molecule has 2 aromatic heterocycles. The maximum Gasteiger partial charge on any atom is 1.00 e. The number of nitrogens with one attached hydrogen (secondary N) is 1. The van der Waals surface area contributed by atoms with Crippen molar-refractivity contribution >= 4 is 11.6 Å². The van der Waals surface area contributed by atoms with Gasteiger partial charge in [0.15, 0.2) is 5.69 Å². The maximum absolute atomic E-state index is 12.9. The third-order valence-corrected chi connectivity index (χ3v) is 5.45. The van der Waals surface area contributed by atoms with Crippen LogP contribution >= 0.6 is 0 Å². The molecule has 8 nitrogen and oxygen atoms in total. The van der Waals surface area contributed by atoms with Crippen LogP contribution in [0.15, 0.2) is 55.0 Å². The summed E-state index contributed by atoms with van der Waals surface area (Å²) < 4.78 is 3.61. The average molecular weight is 541 g/mol. The second kappa shape index (κ2) is 9.74. The third kappa shape index (κ3) is 4.34. The first-order valence-electron chi connectivity index (χ1n) is 9.90. The van der Waals surface area contributed by atoms with Crippen molar-refractivity contribution in [2.45, 2.75) is 25.8 Å². The number of imidazole rings is 1. The Bertz CT molecular complexity index is 1320. The van der Waals surface area contributed by atoms with Gasteiger partial charge in [0.1, 0.15) is 6.07 Å². The van der Waals surface area contributed by atoms with E-state index in [-0.39, 0.29) is 80.8 Å². The average Bonchev–Trinajstić information content (AvgIpc) is 3.50. The molecule has 1 amide bonds. The van der Waals surface area contributed by atoms with Gasteiger partial charge in [-0.05, 0) is 38.0 Å². The van der Waals surface area contributed by atoms with E-state index >= 15 is 0 Å². The molecule has 32 heavy (non-hydrogen) atoms. The molecule has 0 fully saturated rings. The van der Waals surface area contributed by atoms with Crippen LogP contribution in [0, 0.1) is 24.3 Å². The van der Waals surface area contributed by atoms with E-state index in [0.29, 0.717) is 22.6 Å². The fourth-order valence-corrected chi connectivity index (χ4v) is 3.97. The molecule has 152 valence electrons. The van der Waals surface area contributed by atoms with Crippen molar-refractivity contribution in [2.75, 3.05) is 5.32 Å². The predicted octanol–water partition coefficient (Wildman–Crippen LogP) is 0.236. The van der Waals surface area contributed by atoms with Gasteiger partial charge in [-0.3, -0.25) is 4.79 Å². The van der Waals surface area contributed by atoms with Gasteiger partial charge in [0, 0.05) is 11.9 Å². The first-order chi connectivity index (χ1) is 15.1. The molecule has 1 aliphatic heterocycles. The molecule has 9 heteroatoms. The zero-order valence-corrected chi connectivity index (χ0v) is 24.1. The Morgan fingerprint density at radius 3 is 2.81 bits per heavy atom. The molecule has 1 unspecified atom stereocenters. The molecule has 4 aromatic rings. The van der Waals surface area contributed by atoms with E-state index in [9.17, 15) is 10.1 Å². The SMILES string of the molecule is Cc1cn(-c2ccc(NC(=O)c3nnn4c3CCC4c3cc[c-]cc3)cc2C#N)cn1.[Cs+]. The number of aromatic nitrogens is 5. The molecule has 0 aliphatic carbocycles. The van der Waals surface area contributed by atoms with Crippen LogP contribution in [0.2, 0.25) is 0 Å². The quantitative estimate of drug-likeness (QED) is 0.373. The third-order valence-electron chi connectivity index (χ3n) is 5.45. The monoisotopic (exact) mass is 541 g/mol. The van der Waals surface area contributed by atoms with E-state index in [1.54, 1.807) is 29.1 Å². The fourth-order valence-electron chi connectivity index (χ4n) is 3.97. The second-order valence-electron chi connectivity index (χ2n) is 7.44. The number of aryl methyl sites for hydroxylation is 1. The van der Waals surface area contributed by atoms with Crippen molar-refractivity contribution < 1.29 is 73.7 Å². The Hall–Kier alpha value is -2.20. The van der Waals surface area contributed by atoms with Crippen molar-refractivity contribution in [3.8, 4) is 11.8 Å². The predicted molar refractivity (Wildman–Crippen MR) is 113 cm³/mol. The number of fused-ring (bicyclic) bond motifs is 1. The molecule has 0 saturated carbocycles. The molecule has 1 atom stereocenters. The van der Waals surface area contributed by atoms with Crippen LogP contribution in [0.25, 0.3) is 5.69 Å². The van der Waals surface area contributed by atoms with Crippen LogP contribution in [0.3, 0.4) is 0 Å². The number of anilines is 1. The summed E-state index contributed by atoms with van der Waals surface area (Å²) >= 11 is 0. The summed E-state index contributed by atoms with van der Waals surface area (Å²) in [6.07, 6.45) is 5.09. The van der Waals surface area contributed by atoms with Gasteiger partial charge in [-0.1, -0.05) is 5.21 Å². The van der Waals surface area contributed by atoms with Crippen LogP contribution < -0.4 is 74.2 Å². The zero-order chi connectivity index (χ0) is 21.4. The summed E-state index contributed by atoms with van der Waals surface area (Å²) in [5, 5.41) is 20.8. The van der Waals surface area contributed by atoms with E-state index in [0.717, 1.165) is 29.8 Å². The van der Waals surface area contributed by atoms with Crippen LogP contribution in [0.5, 0.6) is 0 Å². The fraction of sp³-hybridized carbons (Fsp3) is 0.174. The molecule has 0 bridgehead atoms. The summed E-state index contributed by atoms with van der Waals surface area (Å²) in [5.41, 5.74) is 4.78. The van der Waals surface area contributed by atoms with Crippen molar-refractivity contribution in [1.82, 2.24) is 24.5 Å². The van der Waals surface area contributed by atoms with Crippen LogP contribution in [-0.2, 0) is 6.42 Å². The van der Waals surface area contributed by atoms with Gasteiger partial charge in [0.2, 0.25) is 0 Å². The minimum absolute atomic E-state index is 0. The van der Waals surface area contributed by atoms with E-state index < -0.39 is 0 Å². The van der Waals surface area contributed by atoms with Gasteiger partial charge in [0.05, 0.1) is 35.0 Å². The van der Waals surface area contributed by atoms with Crippen molar-refractivity contribution in [3.63, 3.8) is 0 Å². The van der Waals surface area contributed by atoms with Crippen molar-refractivity contribution in [2.24, 2.45) is 0 Å². The van der Waals surface area contributed by atoms with E-state index in [2.05, 4.69) is 32.7 Å². The molecule has 1 N–H and O–H groups in total. The molecule has 0 radical (unpaired) electrons. The van der Waals surface area contributed by atoms with Crippen LogP contribution in [0.4, 0.5) is 5.69 Å². The van der Waals surface area contributed by atoms with Gasteiger partial charge in [-0.25, -0.2) is 9.67 Å². The summed E-state index contributed by atoms with van der Waals surface area (Å²) in [6, 6.07) is 18.2. The first-order valence-corrected chi connectivity index (χ1v) is 9.90. The topological polar surface area (TPSA) is 101 Å². The molecular formula is C23H18CsN7O. The van der Waals surface area contributed by atoms with Gasteiger partial charge < -0.3 is 9.88 Å². The standard InChI is InChI=1S/C23H18N7O.Cs/c1-15-13-29(14-25-15)19-8-7-18(11-17(19)12-24)26-23(31)22-21-10-9-20(30(21)28-27-22)16-5-3-2-4-6-16;/h3-8,11,13-14,20H,9-10H2,1H3,(H,26,31);/q-1;+1. The van der Waals surface area contributed by atoms with E-state index in [1.807, 2.05) is 42.1 Å². The number of nitrogens with zero attached hydrogens (tertiary/aromatic N) is 6. The van der Waals surface area contributed by atoms with Crippen molar-refractivity contribution in [1.29, 1.82) is 5.26 Å². The minimum atomic E-state index is -0.335. The molecule has 2 aromatic carbocycles. The zero-order valence-electron chi connectivity index (χ0n) is 17.8. The smallest absolute Gasteiger partial charge is 0.320 e. The number of hydrogen-bond acceptors (Lipinski definition) is 5. The van der Waals surface area contributed by atoms with Gasteiger partial charge >= 0.3 is 68.9 Å². The Balaban J connectivity index is 0.00000245. The Kier molecular flexibility index (Phi) is 7.00. The summed E-state index contributed by atoms with van der Waals surface area (Å²) in [7, 11) is 0. The Morgan fingerprint density at radius 2 is 2.09 bits per heavy atom. The van der Waals surface area contributed by atoms with Gasteiger partial charge in [-0.2, -0.15) is 35.6 Å². The molecular weight excluding hydrogens is 523 g/mol. The van der Waals surface area contributed by atoms with Crippen LogP contribution in [-0.4, -0.2) is 30.5 Å². The molecule has 3 heterocycles. The summed E-state index contributed by atoms with van der Waals surface area (Å²) in [6.45, 7) is 1.88. The normalized spacial score (nSPS) is 14.3. The first kappa shape index (κ1) is 23.0.